The number of fused-ring (bicyclic) bond motifs is 1. The first kappa shape index (κ1) is 12.9. The second-order valence-corrected chi connectivity index (χ2v) is 5.37. The molecule has 0 bridgehead atoms. The molecule has 1 N–H and O–H groups in total. The SMILES string of the molecule is COc1ccc(NCc2csc3ccccc23)cc1F. The summed E-state index contributed by atoms with van der Waals surface area (Å²) in [7, 11) is 1.46. The van der Waals surface area contributed by atoms with Crippen LogP contribution in [-0.4, -0.2) is 7.11 Å². The highest BCUT2D eigenvalue weighted by atomic mass is 32.1. The number of anilines is 1. The standard InChI is InChI=1S/C16H14FNOS/c1-19-15-7-6-12(8-14(15)17)18-9-11-10-20-16-5-3-2-4-13(11)16/h2-8,10,18H,9H2,1H3. The van der Waals surface area contributed by atoms with Crippen LogP contribution in [0.2, 0.25) is 0 Å². The molecular formula is C16H14FNOS. The molecule has 0 radical (unpaired) electrons. The second-order valence-electron chi connectivity index (χ2n) is 4.46. The first-order chi connectivity index (χ1) is 9.78. The summed E-state index contributed by atoms with van der Waals surface area (Å²) in [5, 5.41) is 6.63. The van der Waals surface area contributed by atoms with Gasteiger partial charge in [-0.05, 0) is 34.5 Å². The normalized spacial score (nSPS) is 10.7. The fourth-order valence-electron chi connectivity index (χ4n) is 2.14. The summed E-state index contributed by atoms with van der Waals surface area (Å²) in [5.74, 6) is -0.0933. The fraction of sp³-hybridized carbons (Fsp3) is 0.125. The van der Waals surface area contributed by atoms with Gasteiger partial charge in [-0.25, -0.2) is 4.39 Å². The van der Waals surface area contributed by atoms with Gasteiger partial charge < -0.3 is 10.1 Å². The molecular weight excluding hydrogens is 273 g/mol. The second kappa shape index (κ2) is 5.51. The Morgan fingerprint density at radius 3 is 2.85 bits per heavy atom. The molecule has 0 amide bonds. The minimum Gasteiger partial charge on any atom is -0.494 e. The average Bonchev–Trinajstić information content (AvgIpc) is 2.88. The summed E-state index contributed by atoms with van der Waals surface area (Å²) < 4.78 is 19.8. The molecule has 0 saturated heterocycles. The van der Waals surface area contributed by atoms with E-state index >= 15 is 0 Å². The number of hydrogen-bond donors (Lipinski definition) is 1. The van der Waals surface area contributed by atoms with Crippen molar-refractivity contribution in [3.05, 3.63) is 59.2 Å². The monoisotopic (exact) mass is 287 g/mol. The summed E-state index contributed by atoms with van der Waals surface area (Å²) in [4.78, 5) is 0. The Morgan fingerprint density at radius 2 is 2.05 bits per heavy atom. The Balaban J connectivity index is 1.78. The van der Waals surface area contributed by atoms with Gasteiger partial charge in [-0.1, -0.05) is 18.2 Å². The Kier molecular flexibility index (Phi) is 3.56. The summed E-state index contributed by atoms with van der Waals surface area (Å²) in [6.45, 7) is 0.676. The predicted octanol–water partition coefficient (Wildman–Crippen LogP) is 4.66. The molecule has 1 aromatic heterocycles. The van der Waals surface area contributed by atoms with Crippen molar-refractivity contribution in [2.24, 2.45) is 0 Å². The number of benzene rings is 2. The Hall–Kier alpha value is -2.07. The number of nitrogens with one attached hydrogen (secondary N) is 1. The third-order valence-electron chi connectivity index (χ3n) is 3.20. The van der Waals surface area contributed by atoms with Gasteiger partial charge in [-0.15, -0.1) is 11.3 Å². The van der Waals surface area contributed by atoms with E-state index in [1.807, 2.05) is 18.2 Å². The van der Waals surface area contributed by atoms with Crippen molar-refractivity contribution < 1.29 is 9.13 Å². The van der Waals surface area contributed by atoms with Crippen molar-refractivity contribution in [1.29, 1.82) is 0 Å². The highest BCUT2D eigenvalue weighted by Gasteiger charge is 2.05. The van der Waals surface area contributed by atoms with Gasteiger partial charge in [0.05, 0.1) is 7.11 Å². The van der Waals surface area contributed by atoms with Gasteiger partial charge in [0.15, 0.2) is 11.6 Å². The van der Waals surface area contributed by atoms with E-state index < -0.39 is 0 Å². The van der Waals surface area contributed by atoms with Crippen LogP contribution in [0.1, 0.15) is 5.56 Å². The molecule has 0 fully saturated rings. The van der Waals surface area contributed by atoms with Crippen LogP contribution in [0.3, 0.4) is 0 Å². The van der Waals surface area contributed by atoms with Crippen LogP contribution < -0.4 is 10.1 Å². The minimum atomic E-state index is -0.354. The molecule has 0 unspecified atom stereocenters. The van der Waals surface area contributed by atoms with Gasteiger partial charge >= 0.3 is 0 Å². The summed E-state index contributed by atoms with van der Waals surface area (Å²) >= 11 is 1.72. The van der Waals surface area contributed by atoms with E-state index in [0.717, 1.165) is 5.69 Å². The molecule has 20 heavy (non-hydrogen) atoms. The van der Waals surface area contributed by atoms with E-state index in [9.17, 15) is 4.39 Å². The number of rotatable bonds is 4. The number of thiophene rings is 1. The van der Waals surface area contributed by atoms with Crippen molar-refractivity contribution in [2.45, 2.75) is 6.54 Å². The molecule has 0 aliphatic rings. The predicted molar refractivity (Wildman–Crippen MR) is 82.1 cm³/mol. The molecule has 0 aliphatic heterocycles. The molecule has 2 nitrogen and oxygen atoms in total. The van der Waals surface area contributed by atoms with Crippen LogP contribution in [0.15, 0.2) is 47.8 Å². The first-order valence-electron chi connectivity index (χ1n) is 6.30. The molecule has 3 rings (SSSR count). The van der Waals surface area contributed by atoms with E-state index in [2.05, 4.69) is 22.8 Å². The number of ether oxygens (including phenoxy) is 1. The van der Waals surface area contributed by atoms with Crippen LogP contribution in [0.25, 0.3) is 10.1 Å². The first-order valence-corrected chi connectivity index (χ1v) is 7.18. The van der Waals surface area contributed by atoms with Gasteiger partial charge in [0.25, 0.3) is 0 Å². The fourth-order valence-corrected chi connectivity index (χ4v) is 3.11. The van der Waals surface area contributed by atoms with Crippen LogP contribution in [0.5, 0.6) is 5.75 Å². The molecule has 0 spiro atoms. The van der Waals surface area contributed by atoms with Crippen LogP contribution in [0, 0.1) is 5.82 Å². The van der Waals surface area contributed by atoms with E-state index in [4.69, 9.17) is 4.74 Å². The zero-order valence-corrected chi connectivity index (χ0v) is 11.8. The summed E-state index contributed by atoms with van der Waals surface area (Å²) in [6, 6.07) is 13.2. The smallest absolute Gasteiger partial charge is 0.167 e. The van der Waals surface area contributed by atoms with Crippen molar-refractivity contribution in [3.8, 4) is 5.75 Å². The maximum Gasteiger partial charge on any atom is 0.167 e. The highest BCUT2D eigenvalue weighted by Crippen LogP contribution is 2.27. The average molecular weight is 287 g/mol. The largest absolute Gasteiger partial charge is 0.494 e. The van der Waals surface area contributed by atoms with Crippen molar-refractivity contribution in [3.63, 3.8) is 0 Å². The number of halogens is 1. The Bertz CT molecular complexity index is 738. The molecule has 102 valence electrons. The number of methoxy groups -OCH3 is 1. The molecule has 2 aromatic carbocycles. The molecule has 0 aliphatic carbocycles. The van der Waals surface area contributed by atoms with Gasteiger partial charge in [0, 0.05) is 23.0 Å². The lowest BCUT2D eigenvalue weighted by molar-refractivity contribution is 0.386. The Morgan fingerprint density at radius 1 is 1.20 bits per heavy atom. The van der Waals surface area contributed by atoms with Crippen molar-refractivity contribution >= 4 is 27.1 Å². The lowest BCUT2D eigenvalue weighted by atomic mass is 10.2. The molecule has 1 heterocycles. The Labute approximate surface area is 120 Å². The molecule has 3 aromatic rings. The molecule has 4 heteroatoms. The highest BCUT2D eigenvalue weighted by molar-refractivity contribution is 7.17. The van der Waals surface area contributed by atoms with Gasteiger partial charge in [-0.3, -0.25) is 0 Å². The van der Waals surface area contributed by atoms with E-state index in [0.29, 0.717) is 6.54 Å². The van der Waals surface area contributed by atoms with Crippen LogP contribution >= 0.6 is 11.3 Å². The van der Waals surface area contributed by atoms with E-state index in [1.54, 1.807) is 17.4 Å². The molecule has 0 saturated carbocycles. The zero-order valence-electron chi connectivity index (χ0n) is 11.0. The van der Waals surface area contributed by atoms with Gasteiger partial charge in [-0.2, -0.15) is 0 Å². The lowest BCUT2D eigenvalue weighted by Gasteiger charge is -2.08. The quantitative estimate of drug-likeness (QED) is 0.753. The van der Waals surface area contributed by atoms with E-state index in [1.165, 1.54) is 28.8 Å². The third-order valence-corrected chi connectivity index (χ3v) is 4.21. The van der Waals surface area contributed by atoms with Crippen molar-refractivity contribution in [2.75, 3.05) is 12.4 Å². The maximum atomic E-state index is 13.6. The third kappa shape index (κ3) is 2.47. The maximum absolute atomic E-state index is 13.6. The van der Waals surface area contributed by atoms with Gasteiger partial charge in [0.2, 0.25) is 0 Å². The summed E-state index contributed by atoms with van der Waals surface area (Å²) in [6.07, 6.45) is 0. The van der Waals surface area contributed by atoms with Gasteiger partial charge in [0.1, 0.15) is 0 Å². The minimum absolute atomic E-state index is 0.261. The topological polar surface area (TPSA) is 21.3 Å². The molecule has 0 atom stereocenters. The van der Waals surface area contributed by atoms with Crippen LogP contribution in [-0.2, 0) is 6.54 Å². The zero-order chi connectivity index (χ0) is 13.9. The summed E-state index contributed by atoms with van der Waals surface area (Å²) in [5.41, 5.74) is 1.97. The van der Waals surface area contributed by atoms with E-state index in [-0.39, 0.29) is 11.6 Å². The lowest BCUT2D eigenvalue weighted by Crippen LogP contribution is -1.99. The van der Waals surface area contributed by atoms with Crippen molar-refractivity contribution in [1.82, 2.24) is 0 Å². The van der Waals surface area contributed by atoms with Crippen LogP contribution in [0.4, 0.5) is 10.1 Å². The number of hydrogen-bond acceptors (Lipinski definition) is 3.